The molecule has 1 atom stereocenters. The van der Waals surface area contributed by atoms with Crippen molar-refractivity contribution in [1.29, 1.82) is 0 Å². The number of para-hydroxylation sites is 1. The first-order chi connectivity index (χ1) is 17.9. The van der Waals surface area contributed by atoms with E-state index in [1.54, 1.807) is 37.3 Å². The molecule has 0 saturated heterocycles. The summed E-state index contributed by atoms with van der Waals surface area (Å²) in [7, 11) is 0. The number of hydrogen-bond acceptors (Lipinski definition) is 6. The molecule has 5 N–H and O–H groups in total. The van der Waals surface area contributed by atoms with Crippen LogP contribution in [0, 0.1) is 17.7 Å². The van der Waals surface area contributed by atoms with Gasteiger partial charge in [-0.3, -0.25) is 10.1 Å². The van der Waals surface area contributed by atoms with Gasteiger partial charge in [-0.05, 0) is 62.4 Å². The molecule has 4 aromatic rings. The Bertz CT molecular complexity index is 1530. The molecule has 0 aliphatic heterocycles. The van der Waals surface area contributed by atoms with Crippen molar-refractivity contribution in [3.05, 3.63) is 70.9 Å². The topological polar surface area (TPSA) is 118 Å². The van der Waals surface area contributed by atoms with Crippen LogP contribution >= 0.6 is 0 Å². The summed E-state index contributed by atoms with van der Waals surface area (Å²) in [6.07, 6.45) is 4.44. The molecule has 1 unspecified atom stereocenters. The van der Waals surface area contributed by atoms with Crippen LogP contribution in [0.2, 0.25) is 0 Å². The summed E-state index contributed by atoms with van der Waals surface area (Å²) in [5.74, 6) is 5.86. The van der Waals surface area contributed by atoms with E-state index in [4.69, 9.17) is 10.5 Å². The van der Waals surface area contributed by atoms with Gasteiger partial charge >= 0.3 is 0 Å². The Balaban J connectivity index is 1.44. The summed E-state index contributed by atoms with van der Waals surface area (Å²) in [6, 6.07) is 13.7. The van der Waals surface area contributed by atoms with Gasteiger partial charge in [-0.15, -0.1) is 5.92 Å². The molecule has 2 aromatic heterocycles. The molecular weight excluding hydrogens is 473 g/mol. The number of aromatic amines is 1. The highest BCUT2D eigenvalue weighted by atomic mass is 19.1. The largest absolute Gasteiger partial charge is 0.454 e. The summed E-state index contributed by atoms with van der Waals surface area (Å²) in [6.45, 7) is 1.69. The average Bonchev–Trinajstić information content (AvgIpc) is 3.31. The van der Waals surface area contributed by atoms with Gasteiger partial charge in [0.05, 0.1) is 5.39 Å². The molecule has 0 amide bonds. The van der Waals surface area contributed by atoms with Crippen LogP contribution in [0.4, 0.5) is 10.2 Å². The summed E-state index contributed by atoms with van der Waals surface area (Å²) in [5.41, 5.74) is 8.06. The maximum atomic E-state index is 14.0. The predicted molar refractivity (Wildman–Crippen MR) is 141 cm³/mol. The Morgan fingerprint density at radius 1 is 1.19 bits per heavy atom. The fraction of sp³-hybridized carbons (Fsp3) is 0.286. The van der Waals surface area contributed by atoms with Crippen LogP contribution in [0.25, 0.3) is 22.0 Å². The first-order valence-corrected chi connectivity index (χ1v) is 12.2. The lowest BCUT2D eigenvalue weighted by molar-refractivity contribution is 0.156. The maximum absolute atomic E-state index is 14.0. The highest BCUT2D eigenvalue weighted by Crippen LogP contribution is 2.38. The highest BCUT2D eigenvalue weighted by molar-refractivity contribution is 6.02. The summed E-state index contributed by atoms with van der Waals surface area (Å²) in [5, 5.41) is 20.2. The molecule has 0 spiro atoms. The van der Waals surface area contributed by atoms with Crippen LogP contribution in [0.15, 0.2) is 59.5 Å². The normalized spacial score (nSPS) is 18.2. The molecule has 8 nitrogen and oxygen atoms in total. The standard InChI is InChI=1S/C28H28FN5O3/c1-2-5-24(35)31-18-10-12-19(13-11-18)34-16-21(25-26(34)28(36)33-32-27(25)30)17-8-14-20(15-9-17)37-23-7-4-3-6-22(23)29/h3-4,6-9,14-16,18-19,24,31,35H,10-13H2,1H3,(H2,30,32)(H,33,36)/t18-,19-,24?. The van der Waals surface area contributed by atoms with Gasteiger partial charge in [0.25, 0.3) is 5.56 Å². The van der Waals surface area contributed by atoms with Crippen molar-refractivity contribution in [3.8, 4) is 34.5 Å². The number of ether oxygens (including phenoxy) is 1. The van der Waals surface area contributed by atoms with Gasteiger partial charge in [-0.25, -0.2) is 9.49 Å². The fourth-order valence-electron chi connectivity index (χ4n) is 5.02. The van der Waals surface area contributed by atoms with Crippen molar-refractivity contribution in [2.24, 2.45) is 0 Å². The first-order valence-electron chi connectivity index (χ1n) is 12.2. The smallest absolute Gasteiger partial charge is 0.288 e. The van der Waals surface area contributed by atoms with E-state index >= 15 is 0 Å². The summed E-state index contributed by atoms with van der Waals surface area (Å²) < 4.78 is 21.7. The maximum Gasteiger partial charge on any atom is 0.288 e. The first kappa shape index (κ1) is 24.6. The number of hydrogen-bond donors (Lipinski definition) is 4. The van der Waals surface area contributed by atoms with Crippen molar-refractivity contribution in [1.82, 2.24) is 20.1 Å². The van der Waals surface area contributed by atoms with Crippen molar-refractivity contribution < 1.29 is 14.2 Å². The average molecular weight is 502 g/mol. The number of nitrogens with zero attached hydrogens (tertiary/aromatic N) is 2. The van der Waals surface area contributed by atoms with Crippen LogP contribution in [-0.2, 0) is 0 Å². The Labute approximate surface area is 213 Å². The van der Waals surface area contributed by atoms with E-state index in [9.17, 15) is 14.3 Å². The second-order valence-corrected chi connectivity index (χ2v) is 9.14. The lowest BCUT2D eigenvalue weighted by Crippen LogP contribution is -2.40. The minimum absolute atomic E-state index is 0.0928. The van der Waals surface area contributed by atoms with Crippen molar-refractivity contribution in [2.45, 2.75) is 50.9 Å². The zero-order chi connectivity index (χ0) is 25.9. The number of nitrogens with one attached hydrogen (secondary N) is 2. The Hall–Kier alpha value is -4.13. The number of benzene rings is 2. The van der Waals surface area contributed by atoms with Crippen LogP contribution in [0.1, 0.15) is 38.6 Å². The van der Waals surface area contributed by atoms with Crippen LogP contribution in [-0.4, -0.2) is 32.1 Å². The van der Waals surface area contributed by atoms with Gasteiger partial charge in [0.1, 0.15) is 11.3 Å². The van der Waals surface area contributed by atoms with Gasteiger partial charge < -0.3 is 20.1 Å². The molecule has 37 heavy (non-hydrogen) atoms. The fourth-order valence-corrected chi connectivity index (χ4v) is 5.02. The van der Waals surface area contributed by atoms with Gasteiger partial charge in [-0.2, -0.15) is 5.10 Å². The number of fused-ring (bicyclic) bond motifs is 1. The molecule has 1 saturated carbocycles. The number of H-pyrrole nitrogens is 1. The van der Waals surface area contributed by atoms with Gasteiger partial charge in [-0.1, -0.05) is 30.2 Å². The molecule has 190 valence electrons. The minimum atomic E-state index is -0.843. The highest BCUT2D eigenvalue weighted by Gasteiger charge is 2.27. The molecule has 2 heterocycles. The van der Waals surface area contributed by atoms with Crippen LogP contribution in [0.5, 0.6) is 11.5 Å². The molecule has 5 rings (SSSR count). The second-order valence-electron chi connectivity index (χ2n) is 9.14. The van der Waals surface area contributed by atoms with E-state index in [0.717, 1.165) is 36.8 Å². The third-order valence-corrected chi connectivity index (χ3v) is 6.78. The Kier molecular flexibility index (Phi) is 6.95. The Morgan fingerprint density at radius 3 is 2.62 bits per heavy atom. The second kappa shape index (κ2) is 10.5. The molecule has 2 aromatic carbocycles. The molecule has 1 aliphatic rings. The van der Waals surface area contributed by atoms with E-state index in [1.165, 1.54) is 6.07 Å². The molecule has 9 heteroatoms. The number of aliphatic hydroxyl groups excluding tert-OH is 1. The van der Waals surface area contributed by atoms with Crippen LogP contribution in [0.3, 0.4) is 0 Å². The van der Waals surface area contributed by atoms with E-state index in [2.05, 4.69) is 27.4 Å². The van der Waals surface area contributed by atoms with Gasteiger partial charge in [0, 0.05) is 23.8 Å². The SMILES string of the molecule is CC#CC(O)N[C@H]1CC[C@H](n2cc(-c3ccc(Oc4ccccc4F)cc3)c3c(N)n[nH]c(=O)c32)CC1. The summed E-state index contributed by atoms with van der Waals surface area (Å²) >= 11 is 0. The molecule has 0 radical (unpaired) electrons. The van der Waals surface area contributed by atoms with E-state index < -0.39 is 12.0 Å². The van der Waals surface area contributed by atoms with Gasteiger partial charge in [0.15, 0.2) is 23.6 Å². The quantitative estimate of drug-likeness (QED) is 0.231. The zero-order valence-electron chi connectivity index (χ0n) is 20.4. The molecule has 1 aliphatic carbocycles. The number of aromatic nitrogens is 3. The number of halogens is 1. The zero-order valence-corrected chi connectivity index (χ0v) is 20.4. The molecule has 0 bridgehead atoms. The number of aliphatic hydroxyl groups is 1. The van der Waals surface area contributed by atoms with Crippen LogP contribution < -0.4 is 21.3 Å². The molecular formula is C28H28FN5O3. The minimum Gasteiger partial charge on any atom is -0.454 e. The van der Waals surface area contributed by atoms with Crippen molar-refractivity contribution >= 4 is 16.7 Å². The number of anilines is 1. The number of nitrogen functional groups attached to an aromatic ring is 1. The van der Waals surface area contributed by atoms with E-state index in [0.29, 0.717) is 16.7 Å². The number of nitrogens with two attached hydrogens (primary N) is 1. The van der Waals surface area contributed by atoms with Crippen molar-refractivity contribution in [3.63, 3.8) is 0 Å². The lowest BCUT2D eigenvalue weighted by atomic mass is 9.91. The van der Waals surface area contributed by atoms with Crippen molar-refractivity contribution in [2.75, 3.05) is 5.73 Å². The predicted octanol–water partition coefficient (Wildman–Crippen LogP) is 4.32. The Morgan fingerprint density at radius 2 is 1.92 bits per heavy atom. The van der Waals surface area contributed by atoms with E-state index in [-0.39, 0.29) is 29.2 Å². The lowest BCUT2D eigenvalue weighted by Gasteiger charge is -2.31. The van der Waals surface area contributed by atoms with E-state index in [1.807, 2.05) is 22.9 Å². The number of rotatable bonds is 6. The third-order valence-electron chi connectivity index (χ3n) is 6.78. The molecule has 1 fully saturated rings. The summed E-state index contributed by atoms with van der Waals surface area (Å²) in [4.78, 5) is 12.9. The monoisotopic (exact) mass is 501 g/mol. The van der Waals surface area contributed by atoms with Gasteiger partial charge in [0.2, 0.25) is 0 Å². The third kappa shape index (κ3) is 5.07.